The van der Waals surface area contributed by atoms with Crippen LogP contribution in [0.15, 0.2) is 12.2 Å². The van der Waals surface area contributed by atoms with Crippen LogP contribution in [0.5, 0.6) is 0 Å². The van der Waals surface area contributed by atoms with Crippen molar-refractivity contribution in [1.29, 1.82) is 0 Å². The molecule has 0 bridgehead atoms. The molecule has 0 amide bonds. The molecule has 10 nitrogen and oxygen atoms in total. The number of hydrogen-bond donors (Lipinski definition) is 4. The number of carbonyl (C=O) groups is 2. The highest BCUT2D eigenvalue weighted by molar-refractivity contribution is 5.70. The van der Waals surface area contributed by atoms with Gasteiger partial charge in [0.1, 0.15) is 31.0 Å². The van der Waals surface area contributed by atoms with Gasteiger partial charge in [-0.15, -0.1) is 0 Å². The second-order valence-electron chi connectivity index (χ2n) is 16.2. The summed E-state index contributed by atoms with van der Waals surface area (Å²) in [6.45, 7) is 3.41. The molecular weight excluding hydrogens is 712 g/mol. The Morgan fingerprint density at radius 1 is 0.536 bits per heavy atom. The summed E-state index contributed by atoms with van der Waals surface area (Å²) in [6.07, 6.45) is 32.2. The van der Waals surface area contributed by atoms with Crippen LogP contribution in [0.1, 0.15) is 213 Å². The zero-order chi connectivity index (χ0) is 40.9. The molecule has 1 aliphatic rings. The third kappa shape index (κ3) is 28.8. The van der Waals surface area contributed by atoms with Crippen molar-refractivity contribution >= 4 is 11.9 Å². The van der Waals surface area contributed by atoms with Gasteiger partial charge >= 0.3 is 11.9 Å². The van der Waals surface area contributed by atoms with Gasteiger partial charge in [-0.2, -0.15) is 0 Å². The molecule has 0 aliphatic carbocycles. The Morgan fingerprint density at radius 2 is 0.946 bits per heavy atom. The minimum absolute atomic E-state index is 0.215. The zero-order valence-electron chi connectivity index (χ0n) is 35.9. The molecule has 0 radical (unpaired) electrons. The molecule has 56 heavy (non-hydrogen) atoms. The van der Waals surface area contributed by atoms with E-state index in [0.717, 1.165) is 57.8 Å². The van der Waals surface area contributed by atoms with Gasteiger partial charge in [0.25, 0.3) is 0 Å². The van der Waals surface area contributed by atoms with Gasteiger partial charge in [-0.25, -0.2) is 0 Å². The first kappa shape index (κ1) is 52.5. The zero-order valence-corrected chi connectivity index (χ0v) is 35.9. The van der Waals surface area contributed by atoms with Crippen LogP contribution in [0.25, 0.3) is 0 Å². The third-order valence-electron chi connectivity index (χ3n) is 10.9. The van der Waals surface area contributed by atoms with E-state index in [-0.39, 0.29) is 32.0 Å². The number of aliphatic hydroxyl groups is 4. The summed E-state index contributed by atoms with van der Waals surface area (Å²) >= 11 is 0. The molecule has 330 valence electrons. The number of aliphatic hydroxyl groups excluding tert-OH is 4. The monoisotopic (exact) mass is 799 g/mol. The topological polar surface area (TPSA) is 152 Å². The molecule has 4 N–H and O–H groups in total. The number of carbonyl (C=O) groups excluding carboxylic acids is 2. The first-order valence-electron chi connectivity index (χ1n) is 23.3. The van der Waals surface area contributed by atoms with Gasteiger partial charge < -0.3 is 39.4 Å². The van der Waals surface area contributed by atoms with Gasteiger partial charge in [0, 0.05) is 12.8 Å². The van der Waals surface area contributed by atoms with Gasteiger partial charge in [-0.05, 0) is 38.5 Å². The summed E-state index contributed by atoms with van der Waals surface area (Å²) in [7, 11) is 0. The molecule has 1 heterocycles. The van der Waals surface area contributed by atoms with E-state index in [1.165, 1.54) is 122 Å². The number of ether oxygens (including phenoxy) is 4. The lowest BCUT2D eigenvalue weighted by atomic mass is 9.99. The van der Waals surface area contributed by atoms with Crippen LogP contribution in [0.4, 0.5) is 0 Å². The highest BCUT2D eigenvalue weighted by Crippen LogP contribution is 2.23. The minimum atomic E-state index is -1.59. The molecular formula is C46H86O10. The van der Waals surface area contributed by atoms with Crippen molar-refractivity contribution in [1.82, 2.24) is 0 Å². The smallest absolute Gasteiger partial charge is 0.306 e. The van der Waals surface area contributed by atoms with Crippen molar-refractivity contribution in [2.75, 3.05) is 19.8 Å². The lowest BCUT2D eigenvalue weighted by Crippen LogP contribution is -2.59. The first-order chi connectivity index (χ1) is 27.3. The molecule has 0 aromatic heterocycles. The van der Waals surface area contributed by atoms with Gasteiger partial charge in [-0.3, -0.25) is 9.59 Å². The lowest BCUT2D eigenvalue weighted by molar-refractivity contribution is -0.305. The number of esters is 2. The quantitative estimate of drug-likeness (QED) is 0.0269. The van der Waals surface area contributed by atoms with Crippen LogP contribution < -0.4 is 0 Å². The van der Waals surface area contributed by atoms with Crippen molar-refractivity contribution in [3.63, 3.8) is 0 Å². The maximum absolute atomic E-state index is 12.7. The highest BCUT2D eigenvalue weighted by atomic mass is 16.7. The average molecular weight is 799 g/mol. The summed E-state index contributed by atoms with van der Waals surface area (Å²) in [5.74, 6) is -0.807. The summed E-state index contributed by atoms with van der Waals surface area (Å²) in [6, 6.07) is 0. The predicted molar refractivity (Wildman–Crippen MR) is 224 cm³/mol. The number of allylic oxidation sites excluding steroid dienone is 2. The Morgan fingerprint density at radius 3 is 1.43 bits per heavy atom. The molecule has 1 aliphatic heterocycles. The number of hydrogen-bond acceptors (Lipinski definition) is 10. The molecule has 10 heteroatoms. The van der Waals surface area contributed by atoms with E-state index in [2.05, 4.69) is 26.0 Å². The fourth-order valence-electron chi connectivity index (χ4n) is 7.18. The van der Waals surface area contributed by atoms with Crippen molar-refractivity contribution in [2.45, 2.75) is 250 Å². The Balaban J connectivity index is 2.27. The molecule has 1 fully saturated rings. The Hall–Kier alpha value is -1.56. The van der Waals surface area contributed by atoms with Crippen LogP contribution in [0.3, 0.4) is 0 Å². The summed E-state index contributed by atoms with van der Waals surface area (Å²) in [5, 5.41) is 40.0. The SMILES string of the molecule is CCCCC/C=C/CCCCCCCC(=O)O[C@@H](COC(=O)CCCCCCCCCCCCCCCCCCCCC)CO[C@H]1O[C@@H](CO)[C@@H](O)C(O)C1O. The molecule has 1 saturated heterocycles. The lowest BCUT2D eigenvalue weighted by Gasteiger charge is -2.39. The molecule has 0 aromatic rings. The summed E-state index contributed by atoms with van der Waals surface area (Å²) in [5.41, 5.74) is 0. The summed E-state index contributed by atoms with van der Waals surface area (Å²) < 4.78 is 22.2. The van der Waals surface area contributed by atoms with Crippen molar-refractivity contribution in [3.8, 4) is 0 Å². The molecule has 2 unspecified atom stereocenters. The maximum atomic E-state index is 12.7. The Kier molecular flexibility index (Phi) is 35.3. The van der Waals surface area contributed by atoms with Crippen LogP contribution in [0, 0.1) is 0 Å². The summed E-state index contributed by atoms with van der Waals surface area (Å²) in [4.78, 5) is 25.3. The first-order valence-corrected chi connectivity index (χ1v) is 23.3. The second kappa shape index (κ2) is 37.7. The van der Waals surface area contributed by atoms with E-state index in [0.29, 0.717) is 6.42 Å². The van der Waals surface area contributed by atoms with Crippen molar-refractivity contribution in [3.05, 3.63) is 12.2 Å². The van der Waals surface area contributed by atoms with E-state index in [1.54, 1.807) is 0 Å². The third-order valence-corrected chi connectivity index (χ3v) is 10.9. The van der Waals surface area contributed by atoms with E-state index < -0.39 is 49.4 Å². The molecule has 1 rings (SSSR count). The van der Waals surface area contributed by atoms with E-state index in [9.17, 15) is 30.0 Å². The molecule has 0 aromatic carbocycles. The minimum Gasteiger partial charge on any atom is -0.462 e. The van der Waals surface area contributed by atoms with Gasteiger partial charge in [0.05, 0.1) is 13.2 Å². The van der Waals surface area contributed by atoms with Crippen LogP contribution in [-0.4, -0.2) is 89.0 Å². The maximum Gasteiger partial charge on any atom is 0.306 e. The molecule has 6 atom stereocenters. The molecule has 0 spiro atoms. The normalized spacial score (nSPS) is 20.4. The van der Waals surface area contributed by atoms with Gasteiger partial charge in [-0.1, -0.05) is 174 Å². The predicted octanol–water partition coefficient (Wildman–Crippen LogP) is 9.95. The highest BCUT2D eigenvalue weighted by Gasteiger charge is 2.44. The number of rotatable bonds is 39. The van der Waals surface area contributed by atoms with E-state index in [1.807, 2.05) is 0 Å². The fraction of sp³-hybridized carbons (Fsp3) is 0.913. The standard InChI is InChI=1S/C46H86O10/c1-3-5-7-9-11-13-15-17-18-19-20-21-22-23-25-26-28-30-32-34-41(48)53-37-39(38-54-46-45(52)44(51)43(50)40(36-47)56-46)55-42(49)35-33-31-29-27-24-16-14-12-10-8-6-4-2/h12,14,39-40,43-47,50-52H,3-11,13,15-38H2,1-2H3/b14-12+/t39-,40-,43+,44?,45?,46-/m0/s1. The Labute approximate surface area is 341 Å². The largest absolute Gasteiger partial charge is 0.462 e. The van der Waals surface area contributed by atoms with Crippen LogP contribution in [0.2, 0.25) is 0 Å². The van der Waals surface area contributed by atoms with Crippen molar-refractivity contribution in [2.24, 2.45) is 0 Å². The van der Waals surface area contributed by atoms with E-state index in [4.69, 9.17) is 18.9 Å². The van der Waals surface area contributed by atoms with Gasteiger partial charge in [0.2, 0.25) is 0 Å². The average Bonchev–Trinajstić information content (AvgIpc) is 3.19. The Bertz CT molecular complexity index is 928. The fourth-order valence-corrected chi connectivity index (χ4v) is 7.18. The van der Waals surface area contributed by atoms with Crippen LogP contribution in [-0.2, 0) is 28.5 Å². The molecule has 0 saturated carbocycles. The van der Waals surface area contributed by atoms with Gasteiger partial charge in [0.15, 0.2) is 12.4 Å². The van der Waals surface area contributed by atoms with E-state index >= 15 is 0 Å². The second-order valence-corrected chi connectivity index (χ2v) is 16.2. The van der Waals surface area contributed by atoms with Crippen molar-refractivity contribution < 1.29 is 49.0 Å². The van der Waals surface area contributed by atoms with Crippen LogP contribution >= 0.6 is 0 Å². The number of unbranched alkanes of at least 4 members (excludes halogenated alkanes) is 26.